The summed E-state index contributed by atoms with van der Waals surface area (Å²) in [4.78, 5) is 22.2. The SMILES string of the molecule is CC(=O)OC[C@@H]1[C@H]2CC=C[C@]1(C)CC[C@H]2OC(C)=O. The Morgan fingerprint density at radius 3 is 2.68 bits per heavy atom. The molecule has 2 bridgehead atoms. The Balaban J connectivity index is 2.15. The van der Waals surface area contributed by atoms with Gasteiger partial charge in [-0.2, -0.15) is 0 Å². The van der Waals surface area contributed by atoms with Crippen molar-refractivity contribution in [3.05, 3.63) is 12.2 Å². The Bertz CT molecular complexity index is 401. The summed E-state index contributed by atoms with van der Waals surface area (Å²) in [5.41, 5.74) is 0.0506. The number of hydrogen-bond donors (Lipinski definition) is 0. The van der Waals surface area contributed by atoms with Crippen LogP contribution in [0.4, 0.5) is 0 Å². The van der Waals surface area contributed by atoms with Crippen molar-refractivity contribution < 1.29 is 19.1 Å². The third kappa shape index (κ3) is 2.99. The van der Waals surface area contributed by atoms with Gasteiger partial charge in [0.15, 0.2) is 0 Å². The second-order valence-electron chi connectivity index (χ2n) is 5.90. The summed E-state index contributed by atoms with van der Waals surface area (Å²) in [6.45, 7) is 5.50. The highest BCUT2D eigenvalue weighted by Crippen LogP contribution is 2.50. The first-order valence-electron chi connectivity index (χ1n) is 6.90. The van der Waals surface area contributed by atoms with Crippen LogP contribution >= 0.6 is 0 Å². The highest BCUT2D eigenvalue weighted by atomic mass is 16.5. The van der Waals surface area contributed by atoms with Gasteiger partial charge in [-0.05, 0) is 24.7 Å². The van der Waals surface area contributed by atoms with E-state index in [0.717, 1.165) is 19.3 Å². The first-order chi connectivity index (χ1) is 8.92. The largest absolute Gasteiger partial charge is 0.466 e. The van der Waals surface area contributed by atoms with Gasteiger partial charge in [0, 0.05) is 25.7 Å². The third-order valence-electron chi connectivity index (χ3n) is 4.50. The molecule has 4 atom stereocenters. The molecular weight excluding hydrogens is 244 g/mol. The smallest absolute Gasteiger partial charge is 0.302 e. The number of hydrogen-bond acceptors (Lipinski definition) is 4. The van der Waals surface area contributed by atoms with E-state index in [4.69, 9.17) is 9.47 Å². The molecule has 0 radical (unpaired) electrons. The maximum atomic E-state index is 11.2. The zero-order valence-corrected chi connectivity index (χ0v) is 11.8. The van der Waals surface area contributed by atoms with Crippen LogP contribution in [0.1, 0.15) is 40.0 Å². The van der Waals surface area contributed by atoms with Gasteiger partial charge in [0.25, 0.3) is 0 Å². The highest BCUT2D eigenvalue weighted by Gasteiger charge is 2.48. The van der Waals surface area contributed by atoms with Crippen LogP contribution in [0.2, 0.25) is 0 Å². The van der Waals surface area contributed by atoms with Crippen LogP contribution in [0.15, 0.2) is 12.2 Å². The summed E-state index contributed by atoms with van der Waals surface area (Å²) < 4.78 is 10.7. The lowest BCUT2D eigenvalue weighted by Crippen LogP contribution is -2.48. The predicted molar refractivity (Wildman–Crippen MR) is 70.3 cm³/mol. The van der Waals surface area contributed by atoms with Crippen LogP contribution in [0.5, 0.6) is 0 Å². The zero-order valence-electron chi connectivity index (χ0n) is 11.8. The van der Waals surface area contributed by atoms with E-state index in [-0.39, 0.29) is 35.3 Å². The summed E-state index contributed by atoms with van der Waals surface area (Å²) >= 11 is 0. The molecule has 0 aromatic carbocycles. The molecule has 0 aliphatic heterocycles. The minimum absolute atomic E-state index is 0.0453. The molecule has 0 amide bonds. The van der Waals surface area contributed by atoms with Gasteiger partial charge in [0.1, 0.15) is 6.10 Å². The molecule has 0 aromatic rings. The fraction of sp³-hybridized carbons (Fsp3) is 0.733. The molecule has 0 spiro atoms. The van der Waals surface area contributed by atoms with Crippen molar-refractivity contribution in [1.29, 1.82) is 0 Å². The Morgan fingerprint density at radius 2 is 2.05 bits per heavy atom. The average Bonchev–Trinajstić information content (AvgIpc) is 2.30. The van der Waals surface area contributed by atoms with E-state index in [0.29, 0.717) is 6.61 Å². The maximum absolute atomic E-state index is 11.2. The standard InChI is InChI=1S/C15H22O4/c1-10(16)18-9-13-12-5-4-7-15(13,3)8-6-14(12)19-11(2)17/h4,7,12-14H,5-6,8-9H2,1-3H3/t12-,13-,14-,15-/m1/s1. The lowest BCUT2D eigenvalue weighted by Gasteiger charge is -2.49. The Hall–Kier alpha value is -1.32. The molecule has 0 unspecified atom stereocenters. The minimum Gasteiger partial charge on any atom is -0.466 e. The molecule has 0 N–H and O–H groups in total. The van der Waals surface area contributed by atoms with Crippen LogP contribution in [-0.4, -0.2) is 24.6 Å². The van der Waals surface area contributed by atoms with Crippen molar-refractivity contribution >= 4 is 11.9 Å². The van der Waals surface area contributed by atoms with Crippen molar-refractivity contribution in [3.8, 4) is 0 Å². The second-order valence-corrected chi connectivity index (χ2v) is 5.90. The van der Waals surface area contributed by atoms with Crippen molar-refractivity contribution in [2.75, 3.05) is 6.61 Å². The van der Waals surface area contributed by atoms with Gasteiger partial charge in [-0.25, -0.2) is 0 Å². The van der Waals surface area contributed by atoms with Gasteiger partial charge >= 0.3 is 11.9 Å². The fourth-order valence-electron chi connectivity index (χ4n) is 3.50. The van der Waals surface area contributed by atoms with Gasteiger partial charge in [-0.1, -0.05) is 19.1 Å². The van der Waals surface area contributed by atoms with E-state index in [9.17, 15) is 9.59 Å². The number of esters is 2. The minimum atomic E-state index is -0.250. The molecule has 2 rings (SSSR count). The second kappa shape index (κ2) is 5.35. The van der Waals surface area contributed by atoms with Crippen LogP contribution < -0.4 is 0 Å². The monoisotopic (exact) mass is 266 g/mol. The maximum Gasteiger partial charge on any atom is 0.302 e. The number of fused-ring (bicyclic) bond motifs is 2. The molecule has 19 heavy (non-hydrogen) atoms. The molecule has 0 saturated heterocycles. The number of rotatable bonds is 3. The summed E-state index contributed by atoms with van der Waals surface area (Å²) in [7, 11) is 0. The summed E-state index contributed by atoms with van der Waals surface area (Å²) in [6.07, 6.45) is 7.10. The van der Waals surface area contributed by atoms with E-state index in [1.165, 1.54) is 13.8 Å². The fourth-order valence-corrected chi connectivity index (χ4v) is 3.50. The van der Waals surface area contributed by atoms with E-state index < -0.39 is 0 Å². The van der Waals surface area contributed by atoms with E-state index >= 15 is 0 Å². The average molecular weight is 266 g/mol. The van der Waals surface area contributed by atoms with E-state index in [2.05, 4.69) is 19.1 Å². The van der Waals surface area contributed by atoms with Crippen LogP contribution in [0, 0.1) is 17.3 Å². The van der Waals surface area contributed by atoms with Crippen molar-refractivity contribution in [2.24, 2.45) is 17.3 Å². The number of allylic oxidation sites excluding steroid dienone is 2. The van der Waals surface area contributed by atoms with E-state index in [1.54, 1.807) is 0 Å². The summed E-state index contributed by atoms with van der Waals surface area (Å²) in [5, 5.41) is 0. The number of ether oxygens (including phenoxy) is 2. The normalized spacial score (nSPS) is 36.7. The van der Waals surface area contributed by atoms with Gasteiger partial charge in [0.2, 0.25) is 0 Å². The molecule has 1 fully saturated rings. The molecule has 2 aliphatic rings. The number of carbonyl (C=O) groups is 2. The Morgan fingerprint density at radius 1 is 1.32 bits per heavy atom. The molecule has 0 aromatic heterocycles. The first-order valence-corrected chi connectivity index (χ1v) is 6.90. The molecule has 106 valence electrons. The van der Waals surface area contributed by atoms with Gasteiger partial charge in [-0.3, -0.25) is 9.59 Å². The Kier molecular flexibility index (Phi) is 3.97. The first kappa shape index (κ1) is 14.1. The van der Waals surface area contributed by atoms with Crippen LogP contribution in [0.3, 0.4) is 0 Å². The molecular formula is C15H22O4. The summed E-state index contributed by atoms with van der Waals surface area (Å²) in [5.74, 6) is 0.0150. The quantitative estimate of drug-likeness (QED) is 0.581. The van der Waals surface area contributed by atoms with Crippen LogP contribution in [-0.2, 0) is 19.1 Å². The molecule has 0 heterocycles. The predicted octanol–water partition coefficient (Wildman–Crippen LogP) is 2.47. The van der Waals surface area contributed by atoms with Gasteiger partial charge in [-0.15, -0.1) is 0 Å². The molecule has 2 aliphatic carbocycles. The van der Waals surface area contributed by atoms with E-state index in [1.807, 2.05) is 0 Å². The van der Waals surface area contributed by atoms with Crippen LogP contribution in [0.25, 0.3) is 0 Å². The molecule has 1 saturated carbocycles. The van der Waals surface area contributed by atoms with Crippen molar-refractivity contribution in [1.82, 2.24) is 0 Å². The topological polar surface area (TPSA) is 52.6 Å². The highest BCUT2D eigenvalue weighted by molar-refractivity contribution is 5.66. The Labute approximate surface area is 114 Å². The lowest BCUT2D eigenvalue weighted by molar-refractivity contribution is -0.161. The summed E-state index contributed by atoms with van der Waals surface area (Å²) in [6, 6.07) is 0. The van der Waals surface area contributed by atoms with Gasteiger partial charge < -0.3 is 9.47 Å². The van der Waals surface area contributed by atoms with Crippen molar-refractivity contribution in [2.45, 2.75) is 46.1 Å². The number of carbonyl (C=O) groups excluding carboxylic acids is 2. The lowest BCUT2D eigenvalue weighted by atomic mass is 9.58. The van der Waals surface area contributed by atoms with Crippen molar-refractivity contribution in [3.63, 3.8) is 0 Å². The zero-order chi connectivity index (χ0) is 14.0. The molecule has 4 nitrogen and oxygen atoms in total. The van der Waals surface area contributed by atoms with Gasteiger partial charge in [0.05, 0.1) is 6.61 Å². The third-order valence-corrected chi connectivity index (χ3v) is 4.50. The molecule has 4 heteroatoms.